The lowest BCUT2D eigenvalue weighted by molar-refractivity contribution is 0.627. The van der Waals surface area contributed by atoms with Crippen molar-refractivity contribution in [1.29, 1.82) is 0 Å². The molecule has 3 rings (SSSR count). The van der Waals surface area contributed by atoms with Crippen molar-refractivity contribution in [3.63, 3.8) is 0 Å². The van der Waals surface area contributed by atoms with Crippen LogP contribution in [-0.4, -0.2) is 9.97 Å². The van der Waals surface area contributed by atoms with Crippen molar-refractivity contribution in [2.75, 3.05) is 0 Å². The van der Waals surface area contributed by atoms with Crippen molar-refractivity contribution in [2.24, 2.45) is 0 Å². The van der Waals surface area contributed by atoms with Gasteiger partial charge in [-0.05, 0) is 48.9 Å². The Balaban J connectivity index is 2.19. The number of rotatable bonds is 1. The van der Waals surface area contributed by atoms with Crippen molar-refractivity contribution in [3.05, 3.63) is 52.3 Å². The van der Waals surface area contributed by atoms with Crippen molar-refractivity contribution < 1.29 is 4.39 Å². The van der Waals surface area contributed by atoms with Gasteiger partial charge in [-0.25, -0.2) is 9.37 Å². The molecule has 0 atom stereocenters. The van der Waals surface area contributed by atoms with Crippen molar-refractivity contribution in [3.8, 4) is 11.4 Å². The second kappa shape index (κ2) is 4.21. The predicted octanol–water partition coefficient (Wildman–Crippen LogP) is 4.44. The summed E-state index contributed by atoms with van der Waals surface area (Å²) in [5.41, 5.74) is 3.65. The zero-order valence-corrected chi connectivity index (χ0v) is 11.3. The van der Waals surface area contributed by atoms with Crippen LogP contribution in [0.4, 0.5) is 4.39 Å². The molecule has 0 bridgehead atoms. The van der Waals surface area contributed by atoms with Gasteiger partial charge >= 0.3 is 0 Å². The second-order valence-corrected chi connectivity index (χ2v) is 5.12. The molecule has 1 heterocycles. The largest absolute Gasteiger partial charge is 0.338 e. The minimum atomic E-state index is -0.227. The lowest BCUT2D eigenvalue weighted by atomic mass is 10.1. The molecule has 90 valence electrons. The summed E-state index contributed by atoms with van der Waals surface area (Å²) in [6.45, 7) is 1.88. The van der Waals surface area contributed by atoms with Gasteiger partial charge < -0.3 is 4.98 Å². The van der Waals surface area contributed by atoms with Crippen LogP contribution < -0.4 is 0 Å². The van der Waals surface area contributed by atoms with Gasteiger partial charge in [0, 0.05) is 10.0 Å². The molecule has 0 saturated carbocycles. The maximum atomic E-state index is 13.1. The first-order chi connectivity index (χ1) is 8.63. The molecule has 2 nitrogen and oxygen atoms in total. The zero-order chi connectivity index (χ0) is 12.7. The van der Waals surface area contributed by atoms with E-state index < -0.39 is 0 Å². The fraction of sp³-hybridized carbons (Fsp3) is 0.0714. The highest BCUT2D eigenvalue weighted by Gasteiger charge is 2.08. The van der Waals surface area contributed by atoms with Crippen LogP contribution in [0.15, 0.2) is 40.9 Å². The molecule has 4 heteroatoms. The van der Waals surface area contributed by atoms with Gasteiger partial charge in [-0.15, -0.1) is 0 Å². The van der Waals surface area contributed by atoms with Crippen LogP contribution >= 0.6 is 15.9 Å². The normalized spacial score (nSPS) is 11.1. The molecule has 0 fully saturated rings. The molecule has 1 aromatic heterocycles. The summed E-state index contributed by atoms with van der Waals surface area (Å²) < 4.78 is 14.1. The zero-order valence-electron chi connectivity index (χ0n) is 9.67. The monoisotopic (exact) mass is 304 g/mol. The topological polar surface area (TPSA) is 28.7 Å². The van der Waals surface area contributed by atoms with Gasteiger partial charge in [0.05, 0.1) is 11.0 Å². The smallest absolute Gasteiger partial charge is 0.138 e. The quantitative estimate of drug-likeness (QED) is 0.707. The molecule has 0 spiro atoms. The minimum Gasteiger partial charge on any atom is -0.338 e. The lowest BCUT2D eigenvalue weighted by Gasteiger charge is -2.01. The van der Waals surface area contributed by atoms with E-state index in [1.165, 1.54) is 12.1 Å². The SMILES string of the molecule is Cc1cc(F)ccc1-c1nc2ccc(Br)cc2[nH]1. The van der Waals surface area contributed by atoms with Crippen LogP contribution in [-0.2, 0) is 0 Å². The summed E-state index contributed by atoms with van der Waals surface area (Å²) in [7, 11) is 0. The standard InChI is InChI=1S/C14H10BrFN2/c1-8-6-10(16)3-4-11(8)14-17-12-5-2-9(15)7-13(12)18-14/h2-7H,1H3,(H,17,18). The highest BCUT2D eigenvalue weighted by Crippen LogP contribution is 2.25. The van der Waals surface area contributed by atoms with E-state index in [4.69, 9.17) is 0 Å². The number of halogens is 2. The molecule has 3 aromatic rings. The van der Waals surface area contributed by atoms with Gasteiger partial charge in [-0.3, -0.25) is 0 Å². The number of hydrogen-bond acceptors (Lipinski definition) is 1. The van der Waals surface area contributed by atoms with Gasteiger partial charge in [-0.1, -0.05) is 15.9 Å². The van der Waals surface area contributed by atoms with Crippen molar-refractivity contribution in [2.45, 2.75) is 6.92 Å². The molecule has 0 radical (unpaired) electrons. The Hall–Kier alpha value is -1.68. The highest BCUT2D eigenvalue weighted by atomic mass is 79.9. The third-order valence-electron chi connectivity index (χ3n) is 2.89. The highest BCUT2D eigenvalue weighted by molar-refractivity contribution is 9.10. The molecule has 0 aliphatic heterocycles. The summed E-state index contributed by atoms with van der Waals surface area (Å²) in [4.78, 5) is 7.77. The summed E-state index contributed by atoms with van der Waals surface area (Å²) in [5, 5.41) is 0. The van der Waals surface area contributed by atoms with Crippen molar-refractivity contribution >= 4 is 27.0 Å². The number of H-pyrrole nitrogens is 1. The number of benzene rings is 2. The predicted molar refractivity (Wildman–Crippen MR) is 73.9 cm³/mol. The number of aromatic nitrogens is 2. The molecule has 2 aromatic carbocycles. The lowest BCUT2D eigenvalue weighted by Crippen LogP contribution is -1.86. The van der Waals surface area contributed by atoms with E-state index in [-0.39, 0.29) is 5.82 Å². The van der Waals surface area contributed by atoms with E-state index in [9.17, 15) is 4.39 Å². The van der Waals surface area contributed by atoms with Crippen LogP contribution in [0.2, 0.25) is 0 Å². The molecular formula is C14H10BrFN2. The Morgan fingerprint density at radius 1 is 1.17 bits per heavy atom. The molecule has 0 unspecified atom stereocenters. The van der Waals surface area contributed by atoms with E-state index in [1.54, 1.807) is 6.07 Å². The fourth-order valence-electron chi connectivity index (χ4n) is 2.00. The number of nitrogens with zero attached hydrogens (tertiary/aromatic N) is 1. The number of aryl methyl sites for hydroxylation is 1. The van der Waals surface area contributed by atoms with E-state index in [0.717, 1.165) is 32.5 Å². The molecule has 0 aliphatic carbocycles. The Morgan fingerprint density at radius 3 is 2.78 bits per heavy atom. The third kappa shape index (κ3) is 1.93. The number of nitrogens with one attached hydrogen (secondary N) is 1. The van der Waals surface area contributed by atoms with Gasteiger partial charge in [0.15, 0.2) is 0 Å². The Labute approximate surface area is 112 Å². The van der Waals surface area contributed by atoms with Crippen LogP contribution in [0, 0.1) is 12.7 Å². The van der Waals surface area contributed by atoms with Gasteiger partial charge in [0.2, 0.25) is 0 Å². The number of aromatic amines is 1. The van der Waals surface area contributed by atoms with Crippen LogP contribution in [0.3, 0.4) is 0 Å². The first-order valence-electron chi connectivity index (χ1n) is 5.55. The van der Waals surface area contributed by atoms with E-state index in [0.29, 0.717) is 0 Å². The van der Waals surface area contributed by atoms with Crippen LogP contribution in [0.25, 0.3) is 22.4 Å². The summed E-state index contributed by atoms with van der Waals surface area (Å²) in [6, 6.07) is 10.6. The maximum absolute atomic E-state index is 13.1. The summed E-state index contributed by atoms with van der Waals surface area (Å²) in [6.07, 6.45) is 0. The Kier molecular flexibility index (Phi) is 2.67. The molecule has 0 saturated heterocycles. The minimum absolute atomic E-state index is 0.227. The Morgan fingerprint density at radius 2 is 2.00 bits per heavy atom. The van der Waals surface area contributed by atoms with Crippen LogP contribution in [0.1, 0.15) is 5.56 Å². The average molecular weight is 305 g/mol. The number of imidazole rings is 1. The van der Waals surface area contributed by atoms with Crippen LogP contribution in [0.5, 0.6) is 0 Å². The molecule has 0 aliphatic rings. The third-order valence-corrected chi connectivity index (χ3v) is 3.38. The molecule has 18 heavy (non-hydrogen) atoms. The Bertz CT molecular complexity index is 734. The van der Waals surface area contributed by atoms with Gasteiger partial charge in [0.1, 0.15) is 11.6 Å². The summed E-state index contributed by atoms with van der Waals surface area (Å²) in [5.74, 6) is 0.538. The average Bonchev–Trinajstić information content (AvgIpc) is 2.71. The summed E-state index contributed by atoms with van der Waals surface area (Å²) >= 11 is 3.42. The molecular weight excluding hydrogens is 295 g/mol. The van der Waals surface area contributed by atoms with E-state index in [1.807, 2.05) is 25.1 Å². The number of hydrogen-bond donors (Lipinski definition) is 1. The van der Waals surface area contributed by atoms with E-state index >= 15 is 0 Å². The second-order valence-electron chi connectivity index (χ2n) is 4.21. The van der Waals surface area contributed by atoms with Gasteiger partial charge in [0.25, 0.3) is 0 Å². The van der Waals surface area contributed by atoms with E-state index in [2.05, 4.69) is 25.9 Å². The van der Waals surface area contributed by atoms with Gasteiger partial charge in [-0.2, -0.15) is 0 Å². The fourth-order valence-corrected chi connectivity index (χ4v) is 2.36. The molecule has 0 amide bonds. The maximum Gasteiger partial charge on any atom is 0.138 e. The molecule has 1 N–H and O–H groups in total. The first kappa shape index (κ1) is 11.4. The number of fused-ring (bicyclic) bond motifs is 1. The van der Waals surface area contributed by atoms with Crippen molar-refractivity contribution in [1.82, 2.24) is 9.97 Å². The first-order valence-corrected chi connectivity index (χ1v) is 6.34.